The van der Waals surface area contributed by atoms with Crippen LogP contribution in [0.3, 0.4) is 0 Å². The monoisotopic (exact) mass is 385 g/mol. The number of hydrogen-bond donors (Lipinski definition) is 1. The number of methoxy groups -OCH3 is 1. The van der Waals surface area contributed by atoms with Gasteiger partial charge in [0.25, 0.3) is 0 Å². The van der Waals surface area contributed by atoms with Gasteiger partial charge in [-0.3, -0.25) is 4.79 Å². The number of fused-ring (bicyclic) bond motifs is 1. The van der Waals surface area contributed by atoms with Gasteiger partial charge in [0.15, 0.2) is 17.3 Å². The average molecular weight is 385 g/mol. The molecule has 2 heterocycles. The van der Waals surface area contributed by atoms with Crippen molar-refractivity contribution in [1.82, 2.24) is 15.3 Å². The summed E-state index contributed by atoms with van der Waals surface area (Å²) in [7, 11) is 1.23. The molecular weight excluding hydrogens is 370 g/mol. The summed E-state index contributed by atoms with van der Waals surface area (Å²) < 4.78 is 65.4. The summed E-state index contributed by atoms with van der Waals surface area (Å²) >= 11 is 0. The van der Waals surface area contributed by atoms with Crippen molar-refractivity contribution in [3.63, 3.8) is 0 Å². The third-order valence-electron chi connectivity index (χ3n) is 4.10. The number of aromatic nitrogens is 2. The molecule has 6 nitrogen and oxygen atoms in total. The molecule has 1 aromatic carbocycles. The highest BCUT2D eigenvalue weighted by molar-refractivity contribution is 5.76. The van der Waals surface area contributed by atoms with Gasteiger partial charge in [-0.1, -0.05) is 6.58 Å². The van der Waals surface area contributed by atoms with E-state index in [0.29, 0.717) is 12.1 Å². The van der Waals surface area contributed by atoms with Crippen LogP contribution in [0.4, 0.5) is 17.6 Å². The zero-order valence-electron chi connectivity index (χ0n) is 14.1. The van der Waals surface area contributed by atoms with Crippen LogP contribution in [0.15, 0.2) is 24.8 Å². The van der Waals surface area contributed by atoms with Gasteiger partial charge >= 0.3 is 11.9 Å². The average Bonchev–Trinajstić information content (AvgIpc) is 3.10. The molecular formula is C17H15F4N3O3. The second-order valence-electron chi connectivity index (χ2n) is 5.92. The number of halogens is 4. The molecule has 144 valence electrons. The number of benzene rings is 1. The number of hydrogen-bond acceptors (Lipinski definition) is 6. The SMILES string of the molecule is C=CC(F)(F)c1nc2cc(F)c(F)cc2nc1OC1CNC(C(=O)OC)C1. The lowest BCUT2D eigenvalue weighted by molar-refractivity contribution is -0.142. The maximum atomic E-state index is 14.2. The zero-order valence-corrected chi connectivity index (χ0v) is 14.1. The highest BCUT2D eigenvalue weighted by Gasteiger charge is 2.38. The van der Waals surface area contributed by atoms with E-state index in [4.69, 9.17) is 4.74 Å². The summed E-state index contributed by atoms with van der Waals surface area (Å²) in [6.45, 7) is 3.24. The summed E-state index contributed by atoms with van der Waals surface area (Å²) in [5.74, 6) is -7.11. The molecule has 10 heteroatoms. The highest BCUT2D eigenvalue weighted by atomic mass is 19.3. The minimum Gasteiger partial charge on any atom is -0.471 e. The van der Waals surface area contributed by atoms with Gasteiger partial charge in [-0.2, -0.15) is 8.78 Å². The normalized spacial score (nSPS) is 19.9. The van der Waals surface area contributed by atoms with E-state index >= 15 is 0 Å². The first kappa shape index (κ1) is 19.0. The molecule has 0 amide bonds. The molecule has 0 aliphatic carbocycles. The smallest absolute Gasteiger partial charge is 0.323 e. The van der Waals surface area contributed by atoms with Crippen molar-refractivity contribution in [3.05, 3.63) is 42.1 Å². The Kier molecular flexibility index (Phi) is 5.01. The number of carbonyl (C=O) groups is 1. The molecule has 1 N–H and O–H groups in total. The van der Waals surface area contributed by atoms with E-state index in [1.54, 1.807) is 0 Å². The van der Waals surface area contributed by atoms with E-state index in [9.17, 15) is 22.4 Å². The number of esters is 1. The summed E-state index contributed by atoms with van der Waals surface area (Å²) in [6, 6.07) is 0.766. The molecule has 0 spiro atoms. The lowest BCUT2D eigenvalue weighted by Gasteiger charge is -2.19. The van der Waals surface area contributed by atoms with Crippen LogP contribution in [0, 0.1) is 11.6 Å². The lowest BCUT2D eigenvalue weighted by atomic mass is 10.2. The van der Waals surface area contributed by atoms with Gasteiger partial charge in [-0.25, -0.2) is 18.7 Å². The van der Waals surface area contributed by atoms with Gasteiger partial charge < -0.3 is 14.8 Å². The molecule has 1 fully saturated rings. The minimum atomic E-state index is -3.62. The molecule has 0 radical (unpaired) electrons. The molecule has 2 aromatic rings. The molecule has 0 saturated carbocycles. The summed E-state index contributed by atoms with van der Waals surface area (Å²) in [5.41, 5.74) is -1.28. The first-order valence-electron chi connectivity index (χ1n) is 7.91. The van der Waals surface area contributed by atoms with Crippen LogP contribution in [-0.4, -0.2) is 41.7 Å². The lowest BCUT2D eigenvalue weighted by Crippen LogP contribution is -2.31. The predicted octanol–water partition coefficient (Wildman–Crippen LogP) is 2.47. The minimum absolute atomic E-state index is 0.150. The van der Waals surface area contributed by atoms with Gasteiger partial charge in [-0.05, 0) is 6.08 Å². The molecule has 1 aliphatic rings. The number of rotatable bonds is 5. The van der Waals surface area contributed by atoms with Crippen molar-refractivity contribution in [2.45, 2.75) is 24.5 Å². The Morgan fingerprint density at radius 3 is 2.52 bits per heavy atom. The Morgan fingerprint density at radius 1 is 1.30 bits per heavy atom. The van der Waals surface area contributed by atoms with Crippen LogP contribution >= 0.6 is 0 Å². The topological polar surface area (TPSA) is 73.3 Å². The van der Waals surface area contributed by atoms with Crippen LogP contribution in [0.25, 0.3) is 11.0 Å². The van der Waals surface area contributed by atoms with E-state index in [2.05, 4.69) is 26.6 Å². The Labute approximate surface area is 151 Å². The Balaban J connectivity index is 2.00. The summed E-state index contributed by atoms with van der Waals surface area (Å²) in [5, 5.41) is 2.84. The summed E-state index contributed by atoms with van der Waals surface area (Å²) in [6.07, 6.45) is -0.172. The Morgan fingerprint density at radius 2 is 1.93 bits per heavy atom. The molecule has 1 aromatic heterocycles. The van der Waals surface area contributed by atoms with Crippen molar-refractivity contribution in [1.29, 1.82) is 0 Å². The number of ether oxygens (including phenoxy) is 2. The fraction of sp³-hybridized carbons (Fsp3) is 0.353. The molecule has 0 bridgehead atoms. The second kappa shape index (κ2) is 7.10. The standard InChI is InChI=1S/C17H15F4N3O3/c1-3-17(20,21)14-15(27-8-4-13(22-7-8)16(25)26-2)24-12-6-10(19)9(18)5-11(12)23-14/h3,5-6,8,13,22H,1,4,7H2,2H3. The first-order valence-corrected chi connectivity index (χ1v) is 7.91. The van der Waals surface area contributed by atoms with Crippen molar-refractivity contribution < 1.29 is 31.8 Å². The fourth-order valence-electron chi connectivity index (χ4n) is 2.70. The fourth-order valence-corrected chi connectivity index (χ4v) is 2.70. The van der Waals surface area contributed by atoms with E-state index in [-0.39, 0.29) is 24.0 Å². The number of nitrogens with one attached hydrogen (secondary N) is 1. The Hall–Kier alpha value is -2.75. The first-order chi connectivity index (χ1) is 12.7. The largest absolute Gasteiger partial charge is 0.471 e. The molecule has 3 rings (SSSR count). The van der Waals surface area contributed by atoms with Crippen molar-refractivity contribution in [2.75, 3.05) is 13.7 Å². The molecule has 1 saturated heterocycles. The van der Waals surface area contributed by atoms with Crippen LogP contribution in [0.2, 0.25) is 0 Å². The van der Waals surface area contributed by atoms with Gasteiger partial charge in [-0.15, -0.1) is 0 Å². The van der Waals surface area contributed by atoms with E-state index in [1.165, 1.54) is 7.11 Å². The van der Waals surface area contributed by atoms with E-state index in [1.807, 2.05) is 0 Å². The Bertz CT molecular complexity index is 907. The number of nitrogens with zero attached hydrogens (tertiary/aromatic N) is 2. The van der Waals surface area contributed by atoms with Gasteiger partial charge in [0, 0.05) is 25.1 Å². The van der Waals surface area contributed by atoms with Crippen LogP contribution in [-0.2, 0) is 15.5 Å². The molecule has 2 atom stereocenters. The maximum Gasteiger partial charge on any atom is 0.323 e. The van der Waals surface area contributed by atoms with Crippen molar-refractivity contribution in [3.8, 4) is 5.88 Å². The summed E-state index contributed by atoms with van der Waals surface area (Å²) in [4.78, 5) is 19.1. The van der Waals surface area contributed by atoms with Gasteiger partial charge in [0.2, 0.25) is 5.88 Å². The van der Waals surface area contributed by atoms with Crippen LogP contribution in [0.5, 0.6) is 5.88 Å². The quantitative estimate of drug-likeness (QED) is 0.484. The number of allylic oxidation sites excluding steroid dienone is 1. The van der Waals surface area contributed by atoms with Crippen LogP contribution < -0.4 is 10.1 Å². The highest BCUT2D eigenvalue weighted by Crippen LogP contribution is 2.35. The van der Waals surface area contributed by atoms with E-state index in [0.717, 1.165) is 6.07 Å². The van der Waals surface area contributed by atoms with Gasteiger partial charge in [0.05, 0.1) is 18.1 Å². The van der Waals surface area contributed by atoms with Gasteiger partial charge in [0.1, 0.15) is 12.1 Å². The van der Waals surface area contributed by atoms with Crippen molar-refractivity contribution >= 4 is 17.0 Å². The number of alkyl halides is 2. The number of carbonyl (C=O) groups excluding carboxylic acids is 1. The molecule has 1 aliphatic heterocycles. The third-order valence-corrected chi connectivity index (χ3v) is 4.10. The van der Waals surface area contributed by atoms with Crippen LogP contribution in [0.1, 0.15) is 12.1 Å². The zero-order chi connectivity index (χ0) is 19.8. The van der Waals surface area contributed by atoms with E-state index < -0.39 is 47.2 Å². The predicted molar refractivity (Wildman–Crippen MR) is 86.4 cm³/mol. The third kappa shape index (κ3) is 3.70. The maximum absolute atomic E-state index is 14.2. The second-order valence-corrected chi connectivity index (χ2v) is 5.92. The van der Waals surface area contributed by atoms with Crippen molar-refractivity contribution in [2.24, 2.45) is 0 Å². The molecule has 27 heavy (non-hydrogen) atoms. The molecule has 2 unspecified atom stereocenters.